The van der Waals surface area contributed by atoms with Crippen LogP contribution in [0.3, 0.4) is 0 Å². The Morgan fingerprint density at radius 1 is 1.43 bits per heavy atom. The second kappa shape index (κ2) is 7.21. The molecular formula is C11H24N2O. The number of likely N-dealkylation sites (tertiary alicyclic amines) is 1. The minimum atomic E-state index is 0.853. The van der Waals surface area contributed by atoms with Crippen molar-refractivity contribution in [2.24, 2.45) is 5.92 Å². The summed E-state index contributed by atoms with van der Waals surface area (Å²) in [6, 6.07) is 0. The molecule has 1 aliphatic rings. The Morgan fingerprint density at radius 2 is 2.29 bits per heavy atom. The summed E-state index contributed by atoms with van der Waals surface area (Å²) in [5, 5.41) is 3.46. The molecule has 14 heavy (non-hydrogen) atoms. The highest BCUT2D eigenvalue weighted by molar-refractivity contribution is 4.74. The summed E-state index contributed by atoms with van der Waals surface area (Å²) in [6.45, 7) is 8.56. The van der Waals surface area contributed by atoms with Gasteiger partial charge in [0, 0.05) is 19.7 Å². The molecule has 84 valence electrons. The fourth-order valence-corrected chi connectivity index (χ4v) is 1.89. The zero-order chi connectivity index (χ0) is 10.2. The molecule has 3 heteroatoms. The lowest BCUT2D eigenvalue weighted by molar-refractivity contribution is 0.136. The molecule has 0 amide bonds. The molecule has 0 aromatic rings. The second-order valence-electron chi connectivity index (χ2n) is 4.23. The third kappa shape index (κ3) is 4.94. The molecule has 0 aliphatic carbocycles. The molecule has 0 aromatic carbocycles. The smallest absolute Gasteiger partial charge is 0.0590 e. The fourth-order valence-electron chi connectivity index (χ4n) is 1.89. The predicted molar refractivity (Wildman–Crippen MR) is 59.6 cm³/mol. The van der Waals surface area contributed by atoms with Crippen molar-refractivity contribution in [3.63, 3.8) is 0 Å². The summed E-state index contributed by atoms with van der Waals surface area (Å²) in [6.07, 6.45) is 2.47. The molecule has 0 radical (unpaired) electrons. The van der Waals surface area contributed by atoms with Gasteiger partial charge < -0.3 is 15.0 Å². The molecule has 3 nitrogen and oxygen atoms in total. The van der Waals surface area contributed by atoms with Gasteiger partial charge >= 0.3 is 0 Å². The van der Waals surface area contributed by atoms with Gasteiger partial charge in [0.1, 0.15) is 0 Å². The number of hydrogen-bond acceptors (Lipinski definition) is 3. The summed E-state index contributed by atoms with van der Waals surface area (Å²) in [4.78, 5) is 2.40. The molecule has 1 atom stereocenters. The van der Waals surface area contributed by atoms with Crippen molar-refractivity contribution >= 4 is 0 Å². The van der Waals surface area contributed by atoms with E-state index in [1.807, 2.05) is 0 Å². The van der Waals surface area contributed by atoms with Crippen molar-refractivity contribution in [2.75, 3.05) is 46.4 Å². The number of hydrogen-bond donors (Lipinski definition) is 1. The first-order valence-electron chi connectivity index (χ1n) is 5.80. The van der Waals surface area contributed by atoms with E-state index >= 15 is 0 Å². The van der Waals surface area contributed by atoms with Gasteiger partial charge in [0.2, 0.25) is 0 Å². The van der Waals surface area contributed by atoms with Crippen LogP contribution in [0.4, 0.5) is 0 Å². The van der Waals surface area contributed by atoms with E-state index in [2.05, 4.69) is 24.2 Å². The highest BCUT2D eigenvalue weighted by Gasteiger charge is 2.18. The molecule has 1 N–H and O–H groups in total. The van der Waals surface area contributed by atoms with Crippen molar-refractivity contribution in [2.45, 2.75) is 19.8 Å². The van der Waals surface area contributed by atoms with E-state index in [4.69, 9.17) is 4.74 Å². The highest BCUT2D eigenvalue weighted by Crippen LogP contribution is 2.12. The molecule has 1 fully saturated rings. The maximum Gasteiger partial charge on any atom is 0.0590 e. The second-order valence-corrected chi connectivity index (χ2v) is 4.23. The molecule has 0 spiro atoms. The molecule has 1 saturated heterocycles. The monoisotopic (exact) mass is 200 g/mol. The SMILES string of the molecule is CCCOCCNCC1CCN(C)C1. The van der Waals surface area contributed by atoms with Gasteiger partial charge in [-0.05, 0) is 38.9 Å². The lowest BCUT2D eigenvalue weighted by Gasteiger charge is -2.11. The third-order valence-electron chi connectivity index (χ3n) is 2.69. The third-order valence-corrected chi connectivity index (χ3v) is 2.69. The number of rotatable bonds is 7. The number of nitrogens with one attached hydrogen (secondary N) is 1. The van der Waals surface area contributed by atoms with Crippen LogP contribution in [0, 0.1) is 5.92 Å². The van der Waals surface area contributed by atoms with E-state index in [9.17, 15) is 0 Å². The van der Waals surface area contributed by atoms with E-state index in [-0.39, 0.29) is 0 Å². The molecule has 1 aliphatic heterocycles. The van der Waals surface area contributed by atoms with Gasteiger partial charge in [-0.2, -0.15) is 0 Å². The minimum Gasteiger partial charge on any atom is -0.380 e. The van der Waals surface area contributed by atoms with Gasteiger partial charge in [-0.3, -0.25) is 0 Å². The zero-order valence-electron chi connectivity index (χ0n) is 9.59. The molecule has 1 unspecified atom stereocenters. The summed E-state index contributed by atoms with van der Waals surface area (Å²) in [5.41, 5.74) is 0. The summed E-state index contributed by atoms with van der Waals surface area (Å²) in [5.74, 6) is 0.853. The Balaban J connectivity index is 1.84. The van der Waals surface area contributed by atoms with Crippen LogP contribution in [0.5, 0.6) is 0 Å². The largest absolute Gasteiger partial charge is 0.380 e. The van der Waals surface area contributed by atoms with Gasteiger partial charge in [0.25, 0.3) is 0 Å². The average Bonchev–Trinajstić information content (AvgIpc) is 2.58. The molecule has 1 heterocycles. The Morgan fingerprint density at radius 3 is 2.93 bits per heavy atom. The maximum atomic E-state index is 5.40. The Hall–Kier alpha value is -0.120. The lowest BCUT2D eigenvalue weighted by atomic mass is 10.1. The van der Waals surface area contributed by atoms with Gasteiger partial charge in [-0.1, -0.05) is 6.92 Å². The number of nitrogens with zero attached hydrogens (tertiary/aromatic N) is 1. The van der Waals surface area contributed by atoms with Crippen LogP contribution in [-0.4, -0.2) is 51.3 Å². The number of ether oxygens (including phenoxy) is 1. The van der Waals surface area contributed by atoms with E-state index in [0.29, 0.717) is 0 Å². The summed E-state index contributed by atoms with van der Waals surface area (Å²) in [7, 11) is 2.20. The first-order chi connectivity index (χ1) is 6.83. The van der Waals surface area contributed by atoms with Crippen molar-refractivity contribution < 1.29 is 4.74 Å². The van der Waals surface area contributed by atoms with Crippen molar-refractivity contribution in [3.8, 4) is 0 Å². The van der Waals surface area contributed by atoms with Crippen molar-refractivity contribution in [1.29, 1.82) is 0 Å². The molecule has 1 rings (SSSR count). The van der Waals surface area contributed by atoms with Crippen LogP contribution in [0.1, 0.15) is 19.8 Å². The van der Waals surface area contributed by atoms with E-state index < -0.39 is 0 Å². The van der Waals surface area contributed by atoms with Crippen LogP contribution >= 0.6 is 0 Å². The summed E-state index contributed by atoms with van der Waals surface area (Å²) < 4.78 is 5.40. The Bertz CT molecular complexity index is 141. The highest BCUT2D eigenvalue weighted by atomic mass is 16.5. The van der Waals surface area contributed by atoms with Crippen LogP contribution in [0.25, 0.3) is 0 Å². The maximum absolute atomic E-state index is 5.40. The normalized spacial score (nSPS) is 23.1. The van der Waals surface area contributed by atoms with Gasteiger partial charge in [-0.15, -0.1) is 0 Å². The van der Waals surface area contributed by atoms with Gasteiger partial charge in [0.15, 0.2) is 0 Å². The first-order valence-corrected chi connectivity index (χ1v) is 5.80. The van der Waals surface area contributed by atoms with Crippen LogP contribution in [0.2, 0.25) is 0 Å². The Labute approximate surface area is 87.8 Å². The van der Waals surface area contributed by atoms with E-state index in [1.54, 1.807) is 0 Å². The van der Waals surface area contributed by atoms with Gasteiger partial charge in [-0.25, -0.2) is 0 Å². The fraction of sp³-hybridized carbons (Fsp3) is 1.00. The summed E-state index contributed by atoms with van der Waals surface area (Å²) >= 11 is 0. The first kappa shape index (κ1) is 12.0. The molecule has 0 aromatic heterocycles. The minimum absolute atomic E-state index is 0.853. The van der Waals surface area contributed by atoms with E-state index in [0.717, 1.165) is 38.6 Å². The van der Waals surface area contributed by atoms with Crippen molar-refractivity contribution in [1.82, 2.24) is 10.2 Å². The lowest BCUT2D eigenvalue weighted by Crippen LogP contribution is -2.27. The van der Waals surface area contributed by atoms with Crippen LogP contribution in [-0.2, 0) is 4.74 Å². The zero-order valence-corrected chi connectivity index (χ0v) is 9.59. The standard InChI is InChI=1S/C11H24N2O/c1-3-7-14-8-5-12-9-11-4-6-13(2)10-11/h11-12H,3-10H2,1-2H3. The van der Waals surface area contributed by atoms with Crippen LogP contribution in [0.15, 0.2) is 0 Å². The molecule has 0 saturated carbocycles. The predicted octanol–water partition coefficient (Wildman–Crippen LogP) is 0.954. The topological polar surface area (TPSA) is 24.5 Å². The average molecular weight is 200 g/mol. The van der Waals surface area contributed by atoms with Crippen LogP contribution < -0.4 is 5.32 Å². The quantitative estimate of drug-likeness (QED) is 0.619. The van der Waals surface area contributed by atoms with Crippen molar-refractivity contribution in [3.05, 3.63) is 0 Å². The van der Waals surface area contributed by atoms with E-state index in [1.165, 1.54) is 19.5 Å². The van der Waals surface area contributed by atoms with Gasteiger partial charge in [0.05, 0.1) is 6.61 Å². The Kier molecular flexibility index (Phi) is 6.15. The molecular weight excluding hydrogens is 176 g/mol. The molecule has 0 bridgehead atoms.